The summed E-state index contributed by atoms with van der Waals surface area (Å²) in [5.41, 5.74) is 1.23. The standard InChI is InChI=1S/C14H17N3O/c15-7-4-8-17-10-9-16(12-14(17)18)11-13-5-2-1-3-6-13/h1-3,5-6H,4,8-12H2. The molecule has 0 unspecified atom stereocenters. The van der Waals surface area contributed by atoms with E-state index in [0.29, 0.717) is 19.5 Å². The zero-order valence-corrected chi connectivity index (χ0v) is 10.4. The van der Waals surface area contributed by atoms with Crippen LogP contribution in [0.15, 0.2) is 30.3 Å². The van der Waals surface area contributed by atoms with Crippen molar-refractivity contribution in [3.63, 3.8) is 0 Å². The first kappa shape index (κ1) is 12.6. The number of nitrogens with zero attached hydrogens (tertiary/aromatic N) is 3. The van der Waals surface area contributed by atoms with E-state index in [1.165, 1.54) is 5.56 Å². The zero-order chi connectivity index (χ0) is 12.8. The monoisotopic (exact) mass is 243 g/mol. The molecule has 1 aromatic carbocycles. The van der Waals surface area contributed by atoms with Crippen molar-refractivity contribution in [2.75, 3.05) is 26.2 Å². The van der Waals surface area contributed by atoms with E-state index < -0.39 is 0 Å². The number of nitriles is 1. The van der Waals surface area contributed by atoms with E-state index in [1.54, 1.807) is 4.90 Å². The number of rotatable bonds is 4. The summed E-state index contributed by atoms with van der Waals surface area (Å²) in [5, 5.41) is 8.53. The van der Waals surface area contributed by atoms with Crippen LogP contribution in [-0.2, 0) is 11.3 Å². The van der Waals surface area contributed by atoms with Crippen LogP contribution >= 0.6 is 0 Å². The van der Waals surface area contributed by atoms with E-state index in [9.17, 15) is 4.79 Å². The molecule has 4 nitrogen and oxygen atoms in total. The van der Waals surface area contributed by atoms with Crippen LogP contribution in [0.1, 0.15) is 12.0 Å². The Labute approximate surface area is 107 Å². The van der Waals surface area contributed by atoms with Gasteiger partial charge in [0.2, 0.25) is 5.91 Å². The van der Waals surface area contributed by atoms with Gasteiger partial charge in [0.05, 0.1) is 19.0 Å². The molecule has 4 heteroatoms. The van der Waals surface area contributed by atoms with Crippen molar-refractivity contribution >= 4 is 5.91 Å². The van der Waals surface area contributed by atoms with Crippen molar-refractivity contribution in [3.8, 4) is 6.07 Å². The van der Waals surface area contributed by atoms with E-state index in [2.05, 4.69) is 23.1 Å². The molecular weight excluding hydrogens is 226 g/mol. The van der Waals surface area contributed by atoms with E-state index in [-0.39, 0.29) is 5.91 Å². The second-order valence-corrected chi connectivity index (χ2v) is 4.49. The van der Waals surface area contributed by atoms with Crippen LogP contribution in [0.2, 0.25) is 0 Å². The summed E-state index contributed by atoms with van der Waals surface area (Å²) in [6.07, 6.45) is 0.421. The van der Waals surface area contributed by atoms with Crippen molar-refractivity contribution in [3.05, 3.63) is 35.9 Å². The largest absolute Gasteiger partial charge is 0.339 e. The molecule has 0 radical (unpaired) electrons. The van der Waals surface area contributed by atoms with Crippen molar-refractivity contribution < 1.29 is 4.79 Å². The highest BCUT2D eigenvalue weighted by Crippen LogP contribution is 2.09. The van der Waals surface area contributed by atoms with Crippen LogP contribution in [0, 0.1) is 11.3 Å². The number of carbonyl (C=O) groups excluding carboxylic acids is 1. The van der Waals surface area contributed by atoms with Crippen LogP contribution in [0.5, 0.6) is 0 Å². The highest BCUT2D eigenvalue weighted by Gasteiger charge is 2.23. The highest BCUT2D eigenvalue weighted by molar-refractivity contribution is 5.79. The van der Waals surface area contributed by atoms with Gasteiger partial charge in [0, 0.05) is 26.2 Å². The van der Waals surface area contributed by atoms with Gasteiger partial charge in [0.25, 0.3) is 0 Å². The average Bonchev–Trinajstić information content (AvgIpc) is 2.39. The first-order valence-electron chi connectivity index (χ1n) is 6.20. The second-order valence-electron chi connectivity index (χ2n) is 4.49. The van der Waals surface area contributed by atoms with Crippen LogP contribution in [0.4, 0.5) is 0 Å². The van der Waals surface area contributed by atoms with E-state index in [1.807, 2.05) is 18.2 Å². The van der Waals surface area contributed by atoms with Gasteiger partial charge in [0.1, 0.15) is 0 Å². The van der Waals surface area contributed by atoms with Crippen LogP contribution in [-0.4, -0.2) is 41.9 Å². The molecule has 2 rings (SSSR count). The molecule has 1 aromatic rings. The van der Waals surface area contributed by atoms with E-state index >= 15 is 0 Å². The number of amides is 1. The van der Waals surface area contributed by atoms with Crippen LogP contribution in [0.25, 0.3) is 0 Å². The Morgan fingerprint density at radius 1 is 1.22 bits per heavy atom. The van der Waals surface area contributed by atoms with Gasteiger partial charge in [-0.05, 0) is 5.56 Å². The van der Waals surface area contributed by atoms with Gasteiger partial charge >= 0.3 is 0 Å². The van der Waals surface area contributed by atoms with Crippen LogP contribution in [0.3, 0.4) is 0 Å². The predicted octanol–water partition coefficient (Wildman–Crippen LogP) is 1.24. The maximum absolute atomic E-state index is 11.9. The quantitative estimate of drug-likeness (QED) is 0.799. The summed E-state index contributed by atoms with van der Waals surface area (Å²) in [7, 11) is 0. The third-order valence-corrected chi connectivity index (χ3v) is 3.14. The lowest BCUT2D eigenvalue weighted by Crippen LogP contribution is -2.50. The Balaban J connectivity index is 1.85. The summed E-state index contributed by atoms with van der Waals surface area (Å²) in [5.74, 6) is 0.132. The van der Waals surface area contributed by atoms with Crippen molar-refractivity contribution in [2.45, 2.75) is 13.0 Å². The third kappa shape index (κ3) is 3.31. The Morgan fingerprint density at radius 3 is 2.67 bits per heavy atom. The summed E-state index contributed by atoms with van der Waals surface area (Å²) in [6.45, 7) is 3.45. The summed E-state index contributed by atoms with van der Waals surface area (Å²) < 4.78 is 0. The molecule has 1 fully saturated rings. The van der Waals surface area contributed by atoms with Gasteiger partial charge in [-0.25, -0.2) is 0 Å². The topological polar surface area (TPSA) is 47.3 Å². The Bertz CT molecular complexity index is 438. The van der Waals surface area contributed by atoms with E-state index in [4.69, 9.17) is 5.26 Å². The molecule has 0 N–H and O–H groups in total. The number of piperazine rings is 1. The van der Waals surface area contributed by atoms with Gasteiger partial charge in [0.15, 0.2) is 0 Å². The molecular formula is C14H17N3O. The highest BCUT2D eigenvalue weighted by atomic mass is 16.2. The van der Waals surface area contributed by atoms with E-state index in [0.717, 1.165) is 19.6 Å². The molecule has 1 amide bonds. The maximum atomic E-state index is 11.9. The molecule has 94 valence electrons. The number of hydrogen-bond acceptors (Lipinski definition) is 3. The molecule has 0 bridgehead atoms. The molecule has 0 aliphatic carbocycles. The molecule has 1 aliphatic heterocycles. The van der Waals surface area contributed by atoms with Crippen molar-refractivity contribution in [2.24, 2.45) is 0 Å². The van der Waals surface area contributed by atoms with Crippen molar-refractivity contribution in [1.82, 2.24) is 9.80 Å². The first-order chi connectivity index (χ1) is 8.79. The SMILES string of the molecule is N#CCCN1CCN(Cc2ccccc2)CC1=O. The lowest BCUT2D eigenvalue weighted by atomic mass is 10.2. The molecule has 0 saturated carbocycles. The minimum Gasteiger partial charge on any atom is -0.339 e. The van der Waals surface area contributed by atoms with Gasteiger partial charge in [-0.3, -0.25) is 9.69 Å². The Hall–Kier alpha value is -1.86. The minimum absolute atomic E-state index is 0.132. The number of carbonyl (C=O) groups is 1. The molecule has 18 heavy (non-hydrogen) atoms. The average molecular weight is 243 g/mol. The smallest absolute Gasteiger partial charge is 0.236 e. The lowest BCUT2D eigenvalue weighted by molar-refractivity contribution is -0.136. The number of benzene rings is 1. The molecule has 0 spiro atoms. The maximum Gasteiger partial charge on any atom is 0.236 e. The fraction of sp³-hybridized carbons (Fsp3) is 0.429. The second kappa shape index (κ2) is 6.18. The van der Waals surface area contributed by atoms with Gasteiger partial charge in [-0.15, -0.1) is 0 Å². The molecule has 1 aliphatic rings. The normalized spacial score (nSPS) is 16.6. The van der Waals surface area contributed by atoms with Gasteiger partial charge < -0.3 is 4.90 Å². The van der Waals surface area contributed by atoms with Gasteiger partial charge in [-0.1, -0.05) is 30.3 Å². The summed E-state index contributed by atoms with van der Waals surface area (Å²) >= 11 is 0. The Morgan fingerprint density at radius 2 is 2.00 bits per heavy atom. The number of hydrogen-bond donors (Lipinski definition) is 0. The van der Waals surface area contributed by atoms with Crippen LogP contribution < -0.4 is 0 Å². The molecule has 1 saturated heterocycles. The fourth-order valence-corrected chi connectivity index (χ4v) is 2.16. The predicted molar refractivity (Wildman–Crippen MR) is 68.5 cm³/mol. The minimum atomic E-state index is 0.132. The molecule has 0 aromatic heterocycles. The van der Waals surface area contributed by atoms with Gasteiger partial charge in [-0.2, -0.15) is 5.26 Å². The molecule has 0 atom stereocenters. The Kier molecular flexibility index (Phi) is 4.32. The summed E-state index contributed by atoms with van der Waals surface area (Å²) in [6, 6.07) is 12.3. The zero-order valence-electron chi connectivity index (χ0n) is 10.4. The first-order valence-corrected chi connectivity index (χ1v) is 6.20. The summed E-state index contributed by atoms with van der Waals surface area (Å²) in [4.78, 5) is 15.8. The molecule has 1 heterocycles. The fourth-order valence-electron chi connectivity index (χ4n) is 2.16. The van der Waals surface area contributed by atoms with Crippen molar-refractivity contribution in [1.29, 1.82) is 5.26 Å². The lowest BCUT2D eigenvalue weighted by Gasteiger charge is -2.33. The third-order valence-electron chi connectivity index (χ3n) is 3.14.